The van der Waals surface area contributed by atoms with Crippen LogP contribution in [0.25, 0.3) is 0 Å². The summed E-state index contributed by atoms with van der Waals surface area (Å²) in [6.45, 7) is 5.74. The molecular weight excluding hydrogens is 328 g/mol. The first kappa shape index (κ1) is 17.1. The van der Waals surface area contributed by atoms with E-state index in [1.165, 1.54) is 56.4 Å². The monoisotopic (exact) mass is 354 g/mol. The standard InChI is InChI=1S/C22H27ClN2/c23-21-10-4-9-20(15-21)17-25-14-6-12-22(25)11-5-13-24(18-22)16-19-7-2-1-3-8-19/h1-4,7-10,15H,5-6,11-14,16-18H2. The molecule has 2 aromatic carbocycles. The molecule has 1 unspecified atom stereocenters. The lowest BCUT2D eigenvalue weighted by molar-refractivity contribution is 0.0328. The minimum Gasteiger partial charge on any atom is -0.297 e. The average molecular weight is 355 g/mol. The smallest absolute Gasteiger partial charge is 0.0409 e. The second kappa shape index (κ2) is 7.49. The van der Waals surface area contributed by atoms with Gasteiger partial charge in [0, 0.05) is 30.2 Å². The van der Waals surface area contributed by atoms with Crippen molar-refractivity contribution >= 4 is 11.6 Å². The summed E-state index contributed by atoms with van der Waals surface area (Å²) < 4.78 is 0. The summed E-state index contributed by atoms with van der Waals surface area (Å²) >= 11 is 6.19. The Kier molecular flexibility index (Phi) is 5.12. The van der Waals surface area contributed by atoms with Crippen LogP contribution in [0.15, 0.2) is 54.6 Å². The van der Waals surface area contributed by atoms with E-state index < -0.39 is 0 Å². The summed E-state index contributed by atoms with van der Waals surface area (Å²) in [5.74, 6) is 0. The van der Waals surface area contributed by atoms with Gasteiger partial charge in [-0.2, -0.15) is 0 Å². The molecule has 2 nitrogen and oxygen atoms in total. The van der Waals surface area contributed by atoms with Gasteiger partial charge in [-0.05, 0) is 62.0 Å². The van der Waals surface area contributed by atoms with Crippen molar-refractivity contribution in [1.29, 1.82) is 0 Å². The molecule has 0 saturated carbocycles. The van der Waals surface area contributed by atoms with Crippen molar-refractivity contribution in [2.75, 3.05) is 19.6 Å². The number of piperidine rings is 1. The van der Waals surface area contributed by atoms with Gasteiger partial charge in [-0.25, -0.2) is 0 Å². The Balaban J connectivity index is 1.47. The molecule has 4 rings (SSSR count). The summed E-state index contributed by atoms with van der Waals surface area (Å²) in [6, 6.07) is 19.3. The molecule has 3 heteroatoms. The first-order valence-corrected chi connectivity index (χ1v) is 9.87. The van der Waals surface area contributed by atoms with Gasteiger partial charge in [-0.1, -0.05) is 54.1 Å². The van der Waals surface area contributed by atoms with Crippen molar-refractivity contribution < 1.29 is 0 Å². The van der Waals surface area contributed by atoms with Crippen LogP contribution in [0.3, 0.4) is 0 Å². The molecule has 0 bridgehead atoms. The summed E-state index contributed by atoms with van der Waals surface area (Å²) in [7, 11) is 0. The molecule has 2 aliphatic heterocycles. The molecule has 0 N–H and O–H groups in total. The number of nitrogens with zero attached hydrogens (tertiary/aromatic N) is 2. The minimum atomic E-state index is 0.356. The normalized spacial score (nSPS) is 24.8. The Morgan fingerprint density at radius 2 is 1.60 bits per heavy atom. The van der Waals surface area contributed by atoms with E-state index in [1.807, 2.05) is 6.07 Å². The van der Waals surface area contributed by atoms with Crippen molar-refractivity contribution in [2.45, 2.75) is 44.3 Å². The van der Waals surface area contributed by atoms with Crippen LogP contribution in [0.2, 0.25) is 5.02 Å². The maximum Gasteiger partial charge on any atom is 0.0409 e. The van der Waals surface area contributed by atoms with Crippen molar-refractivity contribution in [1.82, 2.24) is 9.80 Å². The van der Waals surface area contributed by atoms with Gasteiger partial charge in [-0.15, -0.1) is 0 Å². The first-order chi connectivity index (χ1) is 12.2. The molecule has 2 heterocycles. The number of likely N-dealkylation sites (tertiary alicyclic amines) is 2. The van der Waals surface area contributed by atoms with E-state index in [-0.39, 0.29) is 0 Å². The quantitative estimate of drug-likeness (QED) is 0.764. The van der Waals surface area contributed by atoms with E-state index in [2.05, 4.69) is 58.3 Å². The lowest BCUT2D eigenvalue weighted by atomic mass is 9.86. The van der Waals surface area contributed by atoms with E-state index in [0.29, 0.717) is 5.54 Å². The highest BCUT2D eigenvalue weighted by Gasteiger charge is 2.43. The fraction of sp³-hybridized carbons (Fsp3) is 0.455. The van der Waals surface area contributed by atoms with Crippen LogP contribution in [-0.4, -0.2) is 35.0 Å². The highest BCUT2D eigenvalue weighted by molar-refractivity contribution is 6.30. The molecule has 0 aliphatic carbocycles. The van der Waals surface area contributed by atoms with Gasteiger partial charge in [0.05, 0.1) is 0 Å². The average Bonchev–Trinajstić information content (AvgIpc) is 2.97. The van der Waals surface area contributed by atoms with Crippen LogP contribution in [-0.2, 0) is 13.1 Å². The van der Waals surface area contributed by atoms with Crippen molar-refractivity contribution in [3.63, 3.8) is 0 Å². The number of hydrogen-bond donors (Lipinski definition) is 0. The Morgan fingerprint density at radius 1 is 0.840 bits per heavy atom. The predicted molar refractivity (Wildman–Crippen MR) is 105 cm³/mol. The second-order valence-corrected chi connectivity index (χ2v) is 8.12. The molecule has 2 aromatic rings. The van der Waals surface area contributed by atoms with Crippen LogP contribution < -0.4 is 0 Å². The zero-order valence-corrected chi connectivity index (χ0v) is 15.6. The van der Waals surface area contributed by atoms with E-state index >= 15 is 0 Å². The topological polar surface area (TPSA) is 6.48 Å². The van der Waals surface area contributed by atoms with E-state index in [4.69, 9.17) is 11.6 Å². The Bertz CT molecular complexity index is 702. The largest absolute Gasteiger partial charge is 0.297 e. The highest BCUT2D eigenvalue weighted by Crippen LogP contribution is 2.38. The molecule has 2 aliphatic rings. The molecule has 1 atom stereocenters. The SMILES string of the molecule is Clc1cccc(CN2CCCC23CCCN(Cc2ccccc2)C3)c1. The summed E-state index contributed by atoms with van der Waals surface area (Å²) in [5, 5.41) is 0.847. The summed E-state index contributed by atoms with van der Waals surface area (Å²) in [6.07, 6.45) is 5.29. The summed E-state index contributed by atoms with van der Waals surface area (Å²) in [4.78, 5) is 5.39. The Morgan fingerprint density at radius 3 is 2.40 bits per heavy atom. The van der Waals surface area contributed by atoms with Crippen molar-refractivity contribution in [3.8, 4) is 0 Å². The van der Waals surface area contributed by atoms with E-state index in [1.54, 1.807) is 0 Å². The zero-order valence-electron chi connectivity index (χ0n) is 14.8. The number of hydrogen-bond acceptors (Lipinski definition) is 2. The van der Waals surface area contributed by atoms with Crippen LogP contribution in [0.5, 0.6) is 0 Å². The molecule has 25 heavy (non-hydrogen) atoms. The molecule has 0 radical (unpaired) electrons. The molecule has 132 valence electrons. The van der Waals surface area contributed by atoms with Gasteiger partial charge in [0.1, 0.15) is 0 Å². The third-order valence-corrected chi connectivity index (χ3v) is 6.12. The van der Waals surface area contributed by atoms with Gasteiger partial charge in [0.2, 0.25) is 0 Å². The highest BCUT2D eigenvalue weighted by atomic mass is 35.5. The molecule has 2 saturated heterocycles. The number of benzene rings is 2. The van der Waals surface area contributed by atoms with Crippen LogP contribution in [0.1, 0.15) is 36.8 Å². The van der Waals surface area contributed by atoms with Gasteiger partial charge in [-0.3, -0.25) is 9.80 Å². The molecule has 2 fully saturated rings. The Labute approximate surface area is 156 Å². The third kappa shape index (κ3) is 3.92. The minimum absolute atomic E-state index is 0.356. The maximum absolute atomic E-state index is 6.19. The van der Waals surface area contributed by atoms with Gasteiger partial charge in [0.25, 0.3) is 0 Å². The zero-order chi connectivity index (χ0) is 17.1. The second-order valence-electron chi connectivity index (χ2n) is 7.68. The van der Waals surface area contributed by atoms with Crippen molar-refractivity contribution in [3.05, 3.63) is 70.7 Å². The fourth-order valence-corrected chi connectivity index (χ4v) is 4.95. The predicted octanol–water partition coefficient (Wildman–Crippen LogP) is 4.97. The number of rotatable bonds is 4. The molecular formula is C22H27ClN2. The molecule has 0 aromatic heterocycles. The van der Waals surface area contributed by atoms with Crippen LogP contribution in [0.4, 0.5) is 0 Å². The number of halogens is 1. The maximum atomic E-state index is 6.19. The fourth-order valence-electron chi connectivity index (χ4n) is 4.74. The van der Waals surface area contributed by atoms with E-state index in [9.17, 15) is 0 Å². The Hall–Kier alpha value is -1.35. The van der Waals surface area contributed by atoms with Crippen molar-refractivity contribution in [2.24, 2.45) is 0 Å². The van der Waals surface area contributed by atoms with Gasteiger partial charge >= 0.3 is 0 Å². The molecule has 1 spiro atoms. The van der Waals surface area contributed by atoms with E-state index in [0.717, 1.165) is 18.1 Å². The van der Waals surface area contributed by atoms with Gasteiger partial charge in [0.15, 0.2) is 0 Å². The third-order valence-electron chi connectivity index (χ3n) is 5.89. The summed E-state index contributed by atoms with van der Waals surface area (Å²) in [5.41, 5.74) is 3.13. The van der Waals surface area contributed by atoms with Crippen LogP contribution >= 0.6 is 11.6 Å². The lowest BCUT2D eigenvalue weighted by Crippen LogP contribution is -2.55. The lowest BCUT2D eigenvalue weighted by Gasteiger charge is -2.46. The first-order valence-electron chi connectivity index (χ1n) is 9.49. The molecule has 0 amide bonds. The van der Waals surface area contributed by atoms with Crippen LogP contribution in [0, 0.1) is 0 Å². The van der Waals surface area contributed by atoms with Gasteiger partial charge < -0.3 is 0 Å².